The van der Waals surface area contributed by atoms with Crippen LogP contribution in [0.4, 0.5) is 5.82 Å². The van der Waals surface area contributed by atoms with Crippen molar-refractivity contribution < 1.29 is 14.3 Å². The Kier molecular flexibility index (Phi) is 4.03. The third-order valence-corrected chi connectivity index (χ3v) is 7.14. The van der Waals surface area contributed by atoms with Crippen LogP contribution in [0.25, 0.3) is 0 Å². The van der Waals surface area contributed by atoms with E-state index in [4.69, 9.17) is 4.74 Å². The molecule has 0 aromatic carbocycles. The second kappa shape index (κ2) is 6.32. The normalized spacial score (nSPS) is 34.9. The van der Waals surface area contributed by atoms with Gasteiger partial charge in [-0.2, -0.15) is 0 Å². The summed E-state index contributed by atoms with van der Waals surface area (Å²) in [5.74, 6) is 2.60. The topological polar surface area (TPSA) is 68.3 Å². The molecule has 5 saturated carbocycles. The number of anilines is 1. The number of rotatable bonds is 6. The molecule has 0 spiro atoms. The fraction of sp³-hybridized carbons (Fsp3) is 0.682. The molecule has 4 bridgehead atoms. The third-order valence-electron chi connectivity index (χ3n) is 7.14. The summed E-state index contributed by atoms with van der Waals surface area (Å²) in [6, 6.07) is 4.05. The number of carbonyl (C=O) groups excluding carboxylic acids is 2. The van der Waals surface area contributed by atoms with Crippen LogP contribution in [0.5, 0.6) is 0 Å². The number of nitrogens with one attached hydrogen (secondary N) is 1. The number of pyridine rings is 1. The average Bonchev–Trinajstić information content (AvgIpc) is 3.44. The van der Waals surface area contributed by atoms with E-state index in [1.54, 1.807) is 19.1 Å². The molecule has 1 aromatic heterocycles. The van der Waals surface area contributed by atoms with Crippen molar-refractivity contribution in [1.29, 1.82) is 0 Å². The Morgan fingerprint density at radius 1 is 1.11 bits per heavy atom. The van der Waals surface area contributed by atoms with Gasteiger partial charge in [0.1, 0.15) is 5.82 Å². The molecule has 0 saturated heterocycles. The lowest BCUT2D eigenvalue weighted by atomic mass is 9.48. The Morgan fingerprint density at radius 2 is 1.74 bits per heavy atom. The van der Waals surface area contributed by atoms with E-state index in [1.165, 1.54) is 38.3 Å². The highest BCUT2D eigenvalue weighted by molar-refractivity contribution is 5.94. The number of ether oxygens (including phenoxy) is 1. The van der Waals surface area contributed by atoms with E-state index in [9.17, 15) is 9.59 Å². The molecule has 1 aromatic rings. The highest BCUT2D eigenvalue weighted by Gasteiger charge is 2.55. The highest BCUT2D eigenvalue weighted by atomic mass is 16.5. The van der Waals surface area contributed by atoms with Gasteiger partial charge in [-0.05, 0) is 88.2 Å². The zero-order chi connectivity index (χ0) is 18.6. The second-order valence-electron chi connectivity index (χ2n) is 9.46. The zero-order valence-corrected chi connectivity index (χ0v) is 15.9. The first kappa shape index (κ1) is 17.2. The number of aromatic nitrogens is 1. The van der Waals surface area contributed by atoms with Gasteiger partial charge in [-0.15, -0.1) is 0 Å². The Hall–Kier alpha value is -1.91. The van der Waals surface area contributed by atoms with Crippen LogP contribution >= 0.6 is 0 Å². The number of Topliss-reactive ketones (excluding diaryl/α,β-unsaturated/α-hetero) is 1. The van der Waals surface area contributed by atoms with Crippen molar-refractivity contribution >= 4 is 17.6 Å². The molecule has 0 radical (unpaired) electrons. The van der Waals surface area contributed by atoms with Gasteiger partial charge < -0.3 is 10.1 Å². The maximum absolute atomic E-state index is 13.2. The molecule has 6 rings (SSSR count). The average molecular weight is 368 g/mol. The Morgan fingerprint density at radius 3 is 2.26 bits per heavy atom. The molecule has 0 aliphatic heterocycles. The number of carbonyl (C=O) groups is 2. The summed E-state index contributed by atoms with van der Waals surface area (Å²) in [7, 11) is 0. The molecule has 1 heterocycles. The molecule has 27 heavy (non-hydrogen) atoms. The van der Waals surface area contributed by atoms with E-state index in [1.807, 2.05) is 0 Å². The Balaban J connectivity index is 1.23. The quantitative estimate of drug-likeness (QED) is 0.769. The van der Waals surface area contributed by atoms with E-state index in [0.29, 0.717) is 29.4 Å². The van der Waals surface area contributed by atoms with E-state index < -0.39 is 12.1 Å². The van der Waals surface area contributed by atoms with E-state index in [-0.39, 0.29) is 11.2 Å². The van der Waals surface area contributed by atoms with Crippen LogP contribution in [0, 0.1) is 23.2 Å². The maximum Gasteiger partial charge on any atom is 0.340 e. The van der Waals surface area contributed by atoms with Gasteiger partial charge in [-0.25, -0.2) is 9.78 Å². The first-order valence-corrected chi connectivity index (χ1v) is 10.5. The first-order chi connectivity index (χ1) is 13.0. The Bertz CT molecular complexity index is 718. The summed E-state index contributed by atoms with van der Waals surface area (Å²) < 4.78 is 5.57. The standard InChI is InChI=1S/C22H28N2O3/c1-13(20(25)22-9-14-6-15(10-22)8-16(7-14)11-22)27-21(26)17-2-5-19(23-12-17)24-18-3-4-18/h2,5,12-16,18H,3-4,6-11H2,1H3,(H,23,24)/t13-,14?,15?,16?,22?/m0/s1. The van der Waals surface area contributed by atoms with Gasteiger partial charge in [-0.1, -0.05) is 0 Å². The van der Waals surface area contributed by atoms with Crippen molar-refractivity contribution in [1.82, 2.24) is 4.98 Å². The number of nitrogens with zero attached hydrogens (tertiary/aromatic N) is 1. The van der Waals surface area contributed by atoms with Crippen LogP contribution in [0.1, 0.15) is 68.6 Å². The molecule has 1 atom stereocenters. The van der Waals surface area contributed by atoms with E-state index >= 15 is 0 Å². The van der Waals surface area contributed by atoms with E-state index in [2.05, 4.69) is 10.3 Å². The van der Waals surface area contributed by atoms with Gasteiger partial charge in [0.25, 0.3) is 0 Å². The van der Waals surface area contributed by atoms with Gasteiger partial charge in [0, 0.05) is 17.7 Å². The van der Waals surface area contributed by atoms with Gasteiger partial charge in [0.2, 0.25) is 0 Å². The fourth-order valence-electron chi connectivity index (χ4n) is 6.16. The molecule has 5 aliphatic carbocycles. The molecule has 1 N–H and O–H groups in total. The lowest BCUT2D eigenvalue weighted by Gasteiger charge is -2.56. The molecular formula is C22H28N2O3. The summed E-state index contributed by atoms with van der Waals surface area (Å²) >= 11 is 0. The second-order valence-corrected chi connectivity index (χ2v) is 9.46. The monoisotopic (exact) mass is 368 g/mol. The van der Waals surface area contributed by atoms with Crippen molar-refractivity contribution in [3.63, 3.8) is 0 Å². The molecule has 0 unspecified atom stereocenters. The molecule has 5 aliphatic rings. The van der Waals surface area contributed by atoms with Crippen LogP contribution < -0.4 is 5.32 Å². The molecule has 144 valence electrons. The molecule has 5 heteroatoms. The summed E-state index contributed by atoms with van der Waals surface area (Å²) in [4.78, 5) is 30.0. The number of esters is 1. The third kappa shape index (κ3) is 3.26. The smallest absolute Gasteiger partial charge is 0.340 e. The van der Waals surface area contributed by atoms with Crippen molar-refractivity contribution in [2.24, 2.45) is 23.2 Å². The summed E-state index contributed by atoms with van der Waals surface area (Å²) in [6.07, 6.45) is 10.1. The predicted octanol–water partition coefficient (Wildman–Crippen LogP) is 3.99. The van der Waals surface area contributed by atoms with Gasteiger partial charge in [0.05, 0.1) is 5.56 Å². The highest BCUT2D eigenvalue weighted by Crippen LogP contribution is 2.60. The first-order valence-electron chi connectivity index (χ1n) is 10.5. The number of hydrogen-bond acceptors (Lipinski definition) is 5. The molecule has 5 nitrogen and oxygen atoms in total. The predicted molar refractivity (Wildman–Crippen MR) is 101 cm³/mol. The maximum atomic E-state index is 13.2. The minimum Gasteiger partial charge on any atom is -0.451 e. The molecule has 0 amide bonds. The van der Waals surface area contributed by atoms with Crippen molar-refractivity contribution in [2.45, 2.75) is 70.4 Å². The van der Waals surface area contributed by atoms with Gasteiger partial charge in [-0.3, -0.25) is 4.79 Å². The number of ketones is 1. The molecular weight excluding hydrogens is 340 g/mol. The Labute approximate surface area is 160 Å². The van der Waals surface area contributed by atoms with Crippen LogP contribution in [0.2, 0.25) is 0 Å². The summed E-state index contributed by atoms with van der Waals surface area (Å²) in [6.45, 7) is 1.75. The fourth-order valence-corrected chi connectivity index (χ4v) is 6.16. The number of hydrogen-bond donors (Lipinski definition) is 1. The van der Waals surface area contributed by atoms with Crippen LogP contribution in [-0.4, -0.2) is 28.9 Å². The minimum atomic E-state index is -0.682. The summed E-state index contributed by atoms with van der Waals surface area (Å²) in [5.41, 5.74) is 0.173. The van der Waals surface area contributed by atoms with Gasteiger partial charge in [0.15, 0.2) is 11.9 Å². The van der Waals surface area contributed by atoms with Crippen molar-refractivity contribution in [2.75, 3.05) is 5.32 Å². The lowest BCUT2D eigenvalue weighted by molar-refractivity contribution is -0.152. The van der Waals surface area contributed by atoms with Crippen molar-refractivity contribution in [3.05, 3.63) is 23.9 Å². The van der Waals surface area contributed by atoms with Crippen LogP contribution in [0.3, 0.4) is 0 Å². The largest absolute Gasteiger partial charge is 0.451 e. The van der Waals surface area contributed by atoms with Crippen LogP contribution in [-0.2, 0) is 9.53 Å². The molecule has 5 fully saturated rings. The van der Waals surface area contributed by atoms with E-state index in [0.717, 1.165) is 25.1 Å². The van der Waals surface area contributed by atoms with Crippen molar-refractivity contribution in [3.8, 4) is 0 Å². The van der Waals surface area contributed by atoms with Crippen LogP contribution in [0.15, 0.2) is 18.3 Å². The van der Waals surface area contributed by atoms with Gasteiger partial charge >= 0.3 is 5.97 Å². The summed E-state index contributed by atoms with van der Waals surface area (Å²) in [5, 5.41) is 3.30. The zero-order valence-electron chi connectivity index (χ0n) is 15.9. The lowest BCUT2D eigenvalue weighted by Crippen LogP contribution is -2.52. The minimum absolute atomic E-state index is 0.148. The SMILES string of the molecule is C[C@H](OC(=O)c1ccc(NC2CC2)nc1)C(=O)C12CC3CC(CC(C3)C1)C2.